The molecule has 32 heavy (non-hydrogen) atoms. The fourth-order valence-corrected chi connectivity index (χ4v) is 4.82. The molecule has 1 aliphatic heterocycles. The van der Waals surface area contributed by atoms with Crippen LogP contribution in [0.1, 0.15) is 5.56 Å². The Labute approximate surface area is 184 Å². The Morgan fingerprint density at radius 2 is 1.81 bits per heavy atom. The van der Waals surface area contributed by atoms with Crippen LogP contribution >= 0.6 is 0 Å². The van der Waals surface area contributed by atoms with Crippen molar-refractivity contribution >= 4 is 15.7 Å². The maximum atomic E-state index is 13.1. The molecular weight excluding hydrogens is 433 g/mol. The molecule has 9 heteroatoms. The second-order valence-electron chi connectivity index (χ2n) is 7.49. The number of benzene rings is 1. The standard InChI is InChI=1S/C23H20FN3O4S/c24-20-3-1-18(2-4-20)19-7-11-26(22(28)13-19)15-23(29)27(14-17-5-9-25-10-6-17)21-8-12-32(30,31)16-21/h1-13,21H,14-16H2. The van der Waals surface area contributed by atoms with Gasteiger partial charge in [0.05, 0.1) is 11.8 Å². The van der Waals surface area contributed by atoms with Gasteiger partial charge in [0.15, 0.2) is 9.84 Å². The summed E-state index contributed by atoms with van der Waals surface area (Å²) in [6.07, 6.45) is 6.19. The third-order valence-electron chi connectivity index (χ3n) is 5.21. The molecule has 3 heterocycles. The normalized spacial score (nSPS) is 16.7. The molecule has 4 rings (SSSR count). The van der Waals surface area contributed by atoms with Gasteiger partial charge >= 0.3 is 0 Å². The number of amides is 1. The second-order valence-corrected chi connectivity index (χ2v) is 9.42. The number of rotatable bonds is 6. The molecular formula is C23H20FN3O4S. The van der Waals surface area contributed by atoms with Gasteiger partial charge in [0, 0.05) is 36.6 Å². The highest BCUT2D eigenvalue weighted by Gasteiger charge is 2.30. The Morgan fingerprint density at radius 1 is 1.09 bits per heavy atom. The van der Waals surface area contributed by atoms with E-state index in [1.165, 1.54) is 39.9 Å². The van der Waals surface area contributed by atoms with Gasteiger partial charge in [0.2, 0.25) is 5.91 Å². The van der Waals surface area contributed by atoms with Crippen molar-refractivity contribution < 1.29 is 17.6 Å². The number of carbonyl (C=O) groups is 1. The first-order valence-electron chi connectivity index (χ1n) is 9.86. The molecule has 0 fully saturated rings. The Morgan fingerprint density at radius 3 is 2.44 bits per heavy atom. The number of hydrogen-bond acceptors (Lipinski definition) is 5. The van der Waals surface area contributed by atoms with Gasteiger partial charge in [-0.1, -0.05) is 12.1 Å². The van der Waals surface area contributed by atoms with Gasteiger partial charge in [0.1, 0.15) is 12.4 Å². The highest BCUT2D eigenvalue weighted by Crippen LogP contribution is 2.19. The van der Waals surface area contributed by atoms with Gasteiger partial charge in [0.25, 0.3) is 5.56 Å². The van der Waals surface area contributed by atoms with Crippen molar-refractivity contribution in [1.82, 2.24) is 14.5 Å². The molecule has 1 aromatic carbocycles. The van der Waals surface area contributed by atoms with Crippen LogP contribution in [0.5, 0.6) is 0 Å². The maximum absolute atomic E-state index is 13.1. The van der Waals surface area contributed by atoms with Crippen LogP contribution in [-0.4, -0.2) is 40.6 Å². The molecule has 0 aliphatic carbocycles. The van der Waals surface area contributed by atoms with E-state index in [1.807, 2.05) is 0 Å². The average molecular weight is 453 g/mol. The summed E-state index contributed by atoms with van der Waals surface area (Å²) < 4.78 is 38.2. The van der Waals surface area contributed by atoms with Crippen LogP contribution in [0.15, 0.2) is 83.4 Å². The van der Waals surface area contributed by atoms with E-state index in [4.69, 9.17) is 0 Å². The summed E-state index contributed by atoms with van der Waals surface area (Å²) in [5.74, 6) is -0.947. The minimum atomic E-state index is -3.37. The lowest BCUT2D eigenvalue weighted by Crippen LogP contribution is -2.43. The molecule has 0 spiro atoms. The molecule has 1 amide bonds. The van der Waals surface area contributed by atoms with Crippen molar-refractivity contribution in [2.45, 2.75) is 19.1 Å². The maximum Gasteiger partial charge on any atom is 0.251 e. The van der Waals surface area contributed by atoms with E-state index in [0.717, 1.165) is 11.0 Å². The van der Waals surface area contributed by atoms with E-state index in [2.05, 4.69) is 4.98 Å². The fraction of sp³-hybridized carbons (Fsp3) is 0.174. The molecule has 3 aromatic rings. The van der Waals surface area contributed by atoms with Crippen LogP contribution in [0.2, 0.25) is 0 Å². The third-order valence-corrected chi connectivity index (χ3v) is 6.59. The van der Waals surface area contributed by atoms with Gasteiger partial charge in [-0.15, -0.1) is 0 Å². The summed E-state index contributed by atoms with van der Waals surface area (Å²) in [5, 5.41) is 1.12. The quantitative estimate of drug-likeness (QED) is 0.572. The number of aromatic nitrogens is 2. The first-order chi connectivity index (χ1) is 15.3. The Kier molecular flexibility index (Phi) is 6.00. The zero-order valence-corrected chi connectivity index (χ0v) is 17.8. The summed E-state index contributed by atoms with van der Waals surface area (Å²) in [6.45, 7) is -0.0493. The first kappa shape index (κ1) is 21.6. The zero-order chi connectivity index (χ0) is 22.7. The van der Waals surface area contributed by atoms with E-state index in [0.29, 0.717) is 11.1 Å². The second kappa shape index (κ2) is 8.88. The summed E-state index contributed by atoms with van der Waals surface area (Å²) >= 11 is 0. The van der Waals surface area contributed by atoms with Crippen LogP contribution in [0, 0.1) is 5.82 Å². The smallest absolute Gasteiger partial charge is 0.251 e. The Bertz CT molecular complexity index is 1320. The van der Waals surface area contributed by atoms with Crippen LogP contribution in [-0.2, 0) is 27.7 Å². The van der Waals surface area contributed by atoms with Crippen LogP contribution < -0.4 is 5.56 Å². The largest absolute Gasteiger partial charge is 0.329 e. The molecule has 1 unspecified atom stereocenters. The van der Waals surface area contributed by atoms with Crippen LogP contribution in [0.4, 0.5) is 4.39 Å². The highest BCUT2D eigenvalue weighted by atomic mass is 32.2. The van der Waals surface area contributed by atoms with Crippen molar-refractivity contribution in [3.8, 4) is 11.1 Å². The zero-order valence-electron chi connectivity index (χ0n) is 17.0. The van der Waals surface area contributed by atoms with Crippen LogP contribution in [0.25, 0.3) is 11.1 Å². The number of carbonyl (C=O) groups excluding carboxylic acids is 1. The lowest BCUT2D eigenvalue weighted by molar-refractivity contribution is -0.133. The van der Waals surface area contributed by atoms with Gasteiger partial charge in [-0.25, -0.2) is 12.8 Å². The van der Waals surface area contributed by atoms with Crippen molar-refractivity contribution in [1.29, 1.82) is 0 Å². The highest BCUT2D eigenvalue weighted by molar-refractivity contribution is 7.94. The topological polar surface area (TPSA) is 89.3 Å². The molecule has 0 saturated heterocycles. The van der Waals surface area contributed by atoms with Crippen molar-refractivity contribution in [3.63, 3.8) is 0 Å². The Hall–Kier alpha value is -3.59. The van der Waals surface area contributed by atoms with Crippen molar-refractivity contribution in [3.05, 3.63) is 100 Å². The molecule has 0 N–H and O–H groups in total. The number of hydrogen-bond donors (Lipinski definition) is 0. The summed E-state index contributed by atoms with van der Waals surface area (Å²) in [5.41, 5.74) is 1.70. The molecule has 0 radical (unpaired) electrons. The molecule has 1 aliphatic rings. The molecule has 164 valence electrons. The van der Waals surface area contributed by atoms with Gasteiger partial charge in [-0.3, -0.25) is 14.6 Å². The molecule has 1 atom stereocenters. The predicted molar refractivity (Wildman–Crippen MR) is 118 cm³/mol. The van der Waals surface area contributed by atoms with Gasteiger partial charge in [-0.2, -0.15) is 0 Å². The number of sulfone groups is 1. The average Bonchev–Trinajstić information content (AvgIpc) is 3.14. The van der Waals surface area contributed by atoms with Crippen molar-refractivity contribution in [2.24, 2.45) is 0 Å². The summed E-state index contributed by atoms with van der Waals surface area (Å²) in [7, 11) is -3.37. The van der Waals surface area contributed by atoms with Gasteiger partial charge in [-0.05, 0) is 53.1 Å². The molecule has 0 saturated carbocycles. The van der Waals surface area contributed by atoms with E-state index in [-0.39, 0.29) is 30.6 Å². The van der Waals surface area contributed by atoms with Crippen LogP contribution in [0.3, 0.4) is 0 Å². The first-order valence-corrected chi connectivity index (χ1v) is 11.6. The van der Waals surface area contributed by atoms with E-state index < -0.39 is 21.4 Å². The van der Waals surface area contributed by atoms with Crippen molar-refractivity contribution in [2.75, 3.05) is 5.75 Å². The monoisotopic (exact) mass is 453 g/mol. The predicted octanol–water partition coefficient (Wildman–Crippen LogP) is 2.39. The SMILES string of the molecule is O=C(Cn1ccc(-c2ccc(F)cc2)cc1=O)N(Cc1ccncc1)C1C=CS(=O)(=O)C1. The lowest BCUT2D eigenvalue weighted by Gasteiger charge is -2.28. The molecule has 7 nitrogen and oxygen atoms in total. The van der Waals surface area contributed by atoms with Gasteiger partial charge < -0.3 is 9.47 Å². The number of halogens is 1. The molecule has 0 bridgehead atoms. The van der Waals surface area contributed by atoms with E-state index >= 15 is 0 Å². The van der Waals surface area contributed by atoms with E-state index in [1.54, 1.807) is 42.7 Å². The minimum absolute atomic E-state index is 0.189. The number of pyridine rings is 2. The number of nitrogens with zero attached hydrogens (tertiary/aromatic N) is 3. The van der Waals surface area contributed by atoms with E-state index in [9.17, 15) is 22.4 Å². The summed E-state index contributed by atoms with van der Waals surface area (Å²) in [4.78, 5) is 31.2. The molecule has 2 aromatic heterocycles. The fourth-order valence-electron chi connectivity index (χ4n) is 3.53. The third kappa shape index (κ3) is 5.00. The lowest BCUT2D eigenvalue weighted by atomic mass is 10.1. The summed E-state index contributed by atoms with van der Waals surface area (Å²) in [6, 6.07) is 11.7. The Balaban J connectivity index is 1.57. The minimum Gasteiger partial charge on any atom is -0.329 e.